The fraction of sp³-hybridized carbons (Fsp3) is 0.429. The Morgan fingerprint density at radius 1 is 1.30 bits per heavy atom. The van der Waals surface area contributed by atoms with Crippen molar-refractivity contribution >= 4 is 29.1 Å². The molecule has 0 aromatic heterocycles. The number of nitrogens with one attached hydrogen (secondary N) is 1. The van der Waals surface area contributed by atoms with Crippen molar-refractivity contribution in [3.63, 3.8) is 0 Å². The van der Waals surface area contributed by atoms with Crippen molar-refractivity contribution in [3.05, 3.63) is 28.8 Å². The molecule has 0 saturated carbocycles. The minimum Gasteiger partial charge on any atom is -0.335 e. The number of halogens is 4. The van der Waals surface area contributed by atoms with Crippen LogP contribution >= 0.6 is 11.6 Å². The van der Waals surface area contributed by atoms with Crippen molar-refractivity contribution in [2.45, 2.75) is 25.6 Å². The van der Waals surface area contributed by atoms with E-state index in [1.807, 2.05) is 0 Å². The van der Waals surface area contributed by atoms with Crippen LogP contribution in [0, 0.1) is 0 Å². The lowest BCUT2D eigenvalue weighted by molar-refractivity contribution is -0.137. The molecule has 0 heterocycles. The second-order valence-corrected chi connectivity index (χ2v) is 6.03. The fourth-order valence-electron chi connectivity index (χ4n) is 1.80. The van der Waals surface area contributed by atoms with Gasteiger partial charge in [-0.05, 0) is 32.0 Å². The monoisotopic (exact) mass is 351 g/mol. The minimum atomic E-state index is -4.63. The van der Waals surface area contributed by atoms with Crippen molar-refractivity contribution in [1.29, 1.82) is 0 Å². The Morgan fingerprint density at radius 3 is 2.35 bits per heavy atom. The fourth-order valence-corrected chi connectivity index (χ4v) is 2.02. The van der Waals surface area contributed by atoms with Crippen LogP contribution in [0.15, 0.2) is 18.2 Å². The first kappa shape index (κ1) is 19.2. The number of amides is 2. The summed E-state index contributed by atoms with van der Waals surface area (Å²) >= 11 is 5.49. The SMILES string of the molecule is CN(CC(=O)Nc1ccc(Cl)c(C(F)(F)F)c1)C(=O)C(C)(C)N. The molecule has 9 heteroatoms. The highest BCUT2D eigenvalue weighted by Gasteiger charge is 2.33. The number of hydrogen-bond acceptors (Lipinski definition) is 3. The van der Waals surface area contributed by atoms with Gasteiger partial charge in [-0.3, -0.25) is 9.59 Å². The summed E-state index contributed by atoms with van der Waals surface area (Å²) in [6.07, 6.45) is -4.63. The molecular weight excluding hydrogens is 335 g/mol. The molecule has 0 saturated heterocycles. The Bertz CT molecular complexity index is 612. The van der Waals surface area contributed by atoms with Crippen LogP contribution in [0.5, 0.6) is 0 Å². The Kier molecular flexibility index (Phi) is 5.65. The van der Waals surface area contributed by atoms with Gasteiger partial charge in [0.15, 0.2) is 0 Å². The Morgan fingerprint density at radius 2 is 1.87 bits per heavy atom. The predicted octanol–water partition coefficient (Wildman–Crippen LogP) is 2.49. The molecule has 5 nitrogen and oxygen atoms in total. The topological polar surface area (TPSA) is 75.4 Å². The number of carbonyl (C=O) groups excluding carboxylic acids is 2. The van der Waals surface area contributed by atoms with Gasteiger partial charge in [-0.25, -0.2) is 0 Å². The maximum absolute atomic E-state index is 12.7. The molecule has 0 spiro atoms. The second kappa shape index (κ2) is 6.76. The minimum absolute atomic E-state index is 0.0698. The lowest BCUT2D eigenvalue weighted by atomic mass is 10.1. The van der Waals surface area contributed by atoms with Gasteiger partial charge in [0.1, 0.15) is 0 Å². The molecule has 0 bridgehead atoms. The largest absolute Gasteiger partial charge is 0.417 e. The van der Waals surface area contributed by atoms with E-state index >= 15 is 0 Å². The Balaban J connectivity index is 2.81. The van der Waals surface area contributed by atoms with Gasteiger partial charge in [-0.2, -0.15) is 13.2 Å². The number of anilines is 1. The smallest absolute Gasteiger partial charge is 0.335 e. The summed E-state index contributed by atoms with van der Waals surface area (Å²) in [6, 6.07) is 3.01. The zero-order chi connectivity index (χ0) is 18.0. The number of hydrogen-bond donors (Lipinski definition) is 2. The van der Waals surface area contributed by atoms with Gasteiger partial charge < -0.3 is 16.0 Å². The molecular formula is C14H17ClF3N3O2. The van der Waals surface area contributed by atoms with Crippen molar-refractivity contribution < 1.29 is 22.8 Å². The van der Waals surface area contributed by atoms with Gasteiger partial charge >= 0.3 is 6.18 Å². The van der Waals surface area contributed by atoms with Gasteiger partial charge in [0.2, 0.25) is 11.8 Å². The molecule has 0 aliphatic rings. The van der Waals surface area contributed by atoms with Crippen LogP contribution in [-0.2, 0) is 15.8 Å². The summed E-state index contributed by atoms with van der Waals surface area (Å²) in [5, 5.41) is 1.82. The van der Waals surface area contributed by atoms with Crippen LogP contribution in [0.4, 0.5) is 18.9 Å². The summed E-state index contributed by atoms with van der Waals surface area (Å²) < 4.78 is 38.2. The summed E-state index contributed by atoms with van der Waals surface area (Å²) in [5.74, 6) is -1.12. The van der Waals surface area contributed by atoms with Crippen LogP contribution in [0.25, 0.3) is 0 Å². The highest BCUT2D eigenvalue weighted by Crippen LogP contribution is 2.36. The highest BCUT2D eigenvalue weighted by atomic mass is 35.5. The maximum atomic E-state index is 12.7. The van der Waals surface area contributed by atoms with Gasteiger partial charge in [-0.15, -0.1) is 0 Å². The molecule has 23 heavy (non-hydrogen) atoms. The molecule has 0 fully saturated rings. The van der Waals surface area contributed by atoms with Crippen LogP contribution < -0.4 is 11.1 Å². The van der Waals surface area contributed by atoms with Gasteiger partial charge in [0.25, 0.3) is 0 Å². The Hall–Kier alpha value is -1.80. The third-order valence-electron chi connectivity index (χ3n) is 2.83. The normalized spacial score (nSPS) is 12.0. The van der Waals surface area contributed by atoms with Gasteiger partial charge in [-0.1, -0.05) is 11.6 Å². The van der Waals surface area contributed by atoms with Crippen molar-refractivity contribution in [2.24, 2.45) is 5.73 Å². The number of nitrogens with two attached hydrogens (primary N) is 1. The number of nitrogens with zero attached hydrogens (tertiary/aromatic N) is 1. The zero-order valence-corrected chi connectivity index (χ0v) is 13.5. The first-order valence-corrected chi connectivity index (χ1v) is 6.91. The van der Waals surface area contributed by atoms with Gasteiger partial charge in [0.05, 0.1) is 22.7 Å². The number of rotatable bonds is 4. The van der Waals surface area contributed by atoms with E-state index in [1.165, 1.54) is 27.0 Å². The molecule has 0 aliphatic heterocycles. The molecule has 0 aliphatic carbocycles. The molecule has 128 valence electrons. The highest BCUT2D eigenvalue weighted by molar-refractivity contribution is 6.31. The van der Waals surface area contributed by atoms with E-state index in [2.05, 4.69) is 5.32 Å². The molecule has 0 radical (unpaired) electrons. The standard InChI is InChI=1S/C14H17ClF3N3O2/c1-13(2,19)12(23)21(3)7-11(22)20-8-4-5-10(15)9(6-8)14(16,17)18/h4-6H,7,19H2,1-3H3,(H,20,22). The third-order valence-corrected chi connectivity index (χ3v) is 3.16. The molecule has 1 aromatic carbocycles. The number of benzene rings is 1. The van der Waals surface area contributed by atoms with Crippen molar-refractivity contribution in [1.82, 2.24) is 4.90 Å². The van der Waals surface area contributed by atoms with Gasteiger partial charge in [0, 0.05) is 12.7 Å². The zero-order valence-electron chi connectivity index (χ0n) is 12.8. The summed E-state index contributed by atoms with van der Waals surface area (Å²) in [4.78, 5) is 24.8. The van der Waals surface area contributed by atoms with E-state index in [1.54, 1.807) is 0 Å². The molecule has 2 amide bonds. The van der Waals surface area contributed by atoms with Crippen LogP contribution in [0.2, 0.25) is 5.02 Å². The third kappa shape index (κ3) is 5.40. The molecule has 0 atom stereocenters. The first-order valence-electron chi connectivity index (χ1n) is 6.53. The lowest BCUT2D eigenvalue weighted by Crippen LogP contribution is -2.51. The molecule has 1 rings (SSSR count). The number of alkyl halides is 3. The van der Waals surface area contributed by atoms with E-state index in [9.17, 15) is 22.8 Å². The first-order chi connectivity index (χ1) is 10.3. The van der Waals surface area contributed by atoms with E-state index in [0.717, 1.165) is 17.0 Å². The van der Waals surface area contributed by atoms with Crippen molar-refractivity contribution in [2.75, 3.05) is 18.9 Å². The number of likely N-dealkylation sites (N-methyl/N-ethyl adjacent to an activating group) is 1. The van der Waals surface area contributed by atoms with Crippen molar-refractivity contribution in [3.8, 4) is 0 Å². The predicted molar refractivity (Wildman–Crippen MR) is 81.0 cm³/mol. The average Bonchev–Trinajstić information content (AvgIpc) is 2.37. The summed E-state index contributed by atoms with van der Waals surface area (Å²) in [5.41, 5.74) is 3.35. The quantitative estimate of drug-likeness (QED) is 0.875. The lowest BCUT2D eigenvalue weighted by Gasteiger charge is -2.25. The van der Waals surface area contributed by atoms with Crippen LogP contribution in [0.1, 0.15) is 19.4 Å². The number of carbonyl (C=O) groups is 2. The van der Waals surface area contributed by atoms with Crippen LogP contribution in [0.3, 0.4) is 0 Å². The average molecular weight is 352 g/mol. The van der Waals surface area contributed by atoms with E-state index in [4.69, 9.17) is 17.3 Å². The molecule has 3 N–H and O–H groups in total. The maximum Gasteiger partial charge on any atom is 0.417 e. The summed E-state index contributed by atoms with van der Waals surface area (Å²) in [7, 11) is 1.37. The molecule has 0 unspecified atom stereocenters. The molecule has 1 aromatic rings. The van der Waals surface area contributed by atoms with Crippen LogP contribution in [-0.4, -0.2) is 35.8 Å². The van der Waals surface area contributed by atoms with E-state index < -0.39 is 34.1 Å². The summed E-state index contributed by atoms with van der Waals surface area (Å²) in [6.45, 7) is 2.63. The second-order valence-electron chi connectivity index (χ2n) is 5.62. The van der Waals surface area contributed by atoms with E-state index in [-0.39, 0.29) is 12.2 Å². The van der Waals surface area contributed by atoms with E-state index in [0.29, 0.717) is 0 Å². The Labute approximate surface area is 136 Å².